The fourth-order valence-electron chi connectivity index (χ4n) is 1.99. The van der Waals surface area contributed by atoms with Crippen molar-refractivity contribution >= 4 is 6.09 Å². The summed E-state index contributed by atoms with van der Waals surface area (Å²) in [6.07, 6.45) is -0.821. The van der Waals surface area contributed by atoms with E-state index in [9.17, 15) is 9.18 Å². The number of rotatable bonds is 4. The number of benzene rings is 2. The number of halogens is 1. The summed E-state index contributed by atoms with van der Waals surface area (Å²) >= 11 is 0. The van der Waals surface area contributed by atoms with Crippen molar-refractivity contribution in [2.75, 3.05) is 6.61 Å². The van der Waals surface area contributed by atoms with Gasteiger partial charge in [0, 0.05) is 11.5 Å². The molecular formula is C16H16FNO2. The summed E-state index contributed by atoms with van der Waals surface area (Å²) < 4.78 is 18.9. The molecule has 0 aliphatic rings. The molecule has 0 heterocycles. The first-order valence-corrected chi connectivity index (χ1v) is 6.35. The molecule has 2 N–H and O–H groups in total. The Morgan fingerprint density at radius 3 is 2.55 bits per heavy atom. The maximum absolute atomic E-state index is 14.2. The molecule has 2 rings (SSSR count). The first-order chi connectivity index (χ1) is 9.58. The van der Waals surface area contributed by atoms with E-state index in [0.717, 1.165) is 11.1 Å². The number of hydrogen-bond donors (Lipinski definition) is 1. The van der Waals surface area contributed by atoms with E-state index in [1.165, 1.54) is 6.07 Å². The van der Waals surface area contributed by atoms with E-state index >= 15 is 0 Å². The van der Waals surface area contributed by atoms with Gasteiger partial charge in [-0.25, -0.2) is 9.18 Å². The summed E-state index contributed by atoms with van der Waals surface area (Å²) in [5, 5.41) is 0. The lowest BCUT2D eigenvalue weighted by Crippen LogP contribution is -2.16. The number of ether oxygens (including phenoxy) is 1. The topological polar surface area (TPSA) is 52.3 Å². The maximum Gasteiger partial charge on any atom is 0.404 e. The fourth-order valence-corrected chi connectivity index (χ4v) is 1.99. The van der Waals surface area contributed by atoms with Gasteiger partial charge in [-0.3, -0.25) is 0 Å². The van der Waals surface area contributed by atoms with Gasteiger partial charge in [0.1, 0.15) is 5.82 Å². The summed E-state index contributed by atoms with van der Waals surface area (Å²) in [6, 6.07) is 14.4. The Hall–Kier alpha value is -2.36. The molecule has 2 aromatic carbocycles. The van der Waals surface area contributed by atoms with Crippen LogP contribution < -0.4 is 5.73 Å². The van der Waals surface area contributed by atoms with Gasteiger partial charge in [-0.15, -0.1) is 0 Å². The molecule has 0 radical (unpaired) electrons. The van der Waals surface area contributed by atoms with Gasteiger partial charge >= 0.3 is 6.09 Å². The van der Waals surface area contributed by atoms with Crippen LogP contribution in [0.3, 0.4) is 0 Å². The minimum atomic E-state index is -0.821. The number of carbonyl (C=O) groups is 1. The van der Waals surface area contributed by atoms with Crippen LogP contribution in [0.1, 0.15) is 18.4 Å². The largest absolute Gasteiger partial charge is 0.449 e. The van der Waals surface area contributed by atoms with Crippen molar-refractivity contribution in [1.29, 1.82) is 0 Å². The molecule has 0 aromatic heterocycles. The third-order valence-electron chi connectivity index (χ3n) is 3.12. The molecule has 0 saturated heterocycles. The number of amides is 1. The molecule has 0 aliphatic heterocycles. The third kappa shape index (κ3) is 3.35. The lowest BCUT2D eigenvalue weighted by Gasteiger charge is -2.13. The van der Waals surface area contributed by atoms with E-state index in [1.54, 1.807) is 6.07 Å². The molecule has 2 aromatic rings. The minimum absolute atomic E-state index is 0.109. The minimum Gasteiger partial charge on any atom is -0.449 e. The number of nitrogens with two attached hydrogens (primary N) is 1. The van der Waals surface area contributed by atoms with Gasteiger partial charge in [0.05, 0.1) is 6.61 Å². The predicted molar refractivity (Wildman–Crippen MR) is 75.8 cm³/mol. The van der Waals surface area contributed by atoms with Crippen molar-refractivity contribution < 1.29 is 13.9 Å². The smallest absolute Gasteiger partial charge is 0.404 e. The molecule has 0 saturated carbocycles. The summed E-state index contributed by atoms with van der Waals surface area (Å²) in [5.41, 5.74) is 7.06. The highest BCUT2D eigenvalue weighted by atomic mass is 19.1. The van der Waals surface area contributed by atoms with Crippen LogP contribution in [-0.4, -0.2) is 12.7 Å². The van der Waals surface area contributed by atoms with Crippen LogP contribution in [0.15, 0.2) is 48.5 Å². The van der Waals surface area contributed by atoms with Crippen molar-refractivity contribution in [1.82, 2.24) is 0 Å². The summed E-state index contributed by atoms with van der Waals surface area (Å²) in [7, 11) is 0. The monoisotopic (exact) mass is 273 g/mol. The first-order valence-electron chi connectivity index (χ1n) is 6.35. The first kappa shape index (κ1) is 14.1. The zero-order valence-electron chi connectivity index (χ0n) is 11.2. The molecule has 0 aliphatic carbocycles. The summed E-state index contributed by atoms with van der Waals surface area (Å²) in [6.45, 7) is 1.99. The second-order valence-corrected chi connectivity index (χ2v) is 4.64. The zero-order chi connectivity index (χ0) is 14.5. The number of primary amides is 1. The van der Waals surface area contributed by atoms with Gasteiger partial charge in [-0.2, -0.15) is 0 Å². The second-order valence-electron chi connectivity index (χ2n) is 4.64. The van der Waals surface area contributed by atoms with Gasteiger partial charge < -0.3 is 10.5 Å². The molecule has 4 heteroatoms. The van der Waals surface area contributed by atoms with E-state index in [4.69, 9.17) is 10.5 Å². The predicted octanol–water partition coefficient (Wildman–Crippen LogP) is 3.69. The molecule has 0 spiro atoms. The van der Waals surface area contributed by atoms with Crippen LogP contribution in [0.4, 0.5) is 9.18 Å². The number of carbonyl (C=O) groups excluding carboxylic acids is 1. The Labute approximate surface area is 117 Å². The standard InChI is InChI=1S/C16H16FNO2/c1-11(10-20-16(18)19)13-7-8-14(15(17)9-13)12-5-3-2-4-6-12/h2-9,11H,10H2,1H3,(H2,18,19). The highest BCUT2D eigenvalue weighted by Crippen LogP contribution is 2.26. The van der Waals surface area contributed by atoms with Crippen LogP contribution in [0.2, 0.25) is 0 Å². The molecule has 104 valence electrons. The molecular weight excluding hydrogens is 257 g/mol. The Morgan fingerprint density at radius 2 is 1.95 bits per heavy atom. The molecule has 20 heavy (non-hydrogen) atoms. The molecule has 1 atom stereocenters. The van der Waals surface area contributed by atoms with Crippen LogP contribution in [0.25, 0.3) is 11.1 Å². The quantitative estimate of drug-likeness (QED) is 0.923. The SMILES string of the molecule is CC(COC(N)=O)c1ccc(-c2ccccc2)c(F)c1. The van der Waals surface area contributed by atoms with Gasteiger partial charge in [0.15, 0.2) is 0 Å². The van der Waals surface area contributed by atoms with Gasteiger partial charge in [-0.05, 0) is 17.2 Å². The van der Waals surface area contributed by atoms with Crippen LogP contribution in [-0.2, 0) is 4.74 Å². The van der Waals surface area contributed by atoms with Crippen LogP contribution in [0.5, 0.6) is 0 Å². The van der Waals surface area contributed by atoms with Gasteiger partial charge in [0.25, 0.3) is 0 Å². The Kier molecular flexibility index (Phi) is 4.35. The lowest BCUT2D eigenvalue weighted by molar-refractivity contribution is 0.151. The highest BCUT2D eigenvalue weighted by Gasteiger charge is 2.11. The van der Waals surface area contributed by atoms with E-state index in [1.807, 2.05) is 43.3 Å². The van der Waals surface area contributed by atoms with E-state index in [-0.39, 0.29) is 18.3 Å². The molecule has 3 nitrogen and oxygen atoms in total. The van der Waals surface area contributed by atoms with E-state index < -0.39 is 6.09 Å². The highest BCUT2D eigenvalue weighted by molar-refractivity contribution is 5.65. The summed E-state index contributed by atoms with van der Waals surface area (Å²) in [4.78, 5) is 10.6. The van der Waals surface area contributed by atoms with Crippen molar-refractivity contribution in [3.05, 3.63) is 59.9 Å². The average molecular weight is 273 g/mol. The van der Waals surface area contributed by atoms with Crippen LogP contribution in [0, 0.1) is 5.82 Å². The molecule has 0 fully saturated rings. The Balaban J connectivity index is 2.20. The van der Waals surface area contributed by atoms with Crippen molar-refractivity contribution in [2.45, 2.75) is 12.8 Å². The maximum atomic E-state index is 14.2. The lowest BCUT2D eigenvalue weighted by atomic mass is 9.97. The normalized spacial score (nSPS) is 11.9. The van der Waals surface area contributed by atoms with Gasteiger partial charge in [0.2, 0.25) is 0 Å². The third-order valence-corrected chi connectivity index (χ3v) is 3.12. The number of hydrogen-bond acceptors (Lipinski definition) is 2. The fraction of sp³-hybridized carbons (Fsp3) is 0.188. The molecule has 0 bridgehead atoms. The van der Waals surface area contributed by atoms with E-state index in [0.29, 0.717) is 5.56 Å². The Bertz CT molecular complexity index is 599. The van der Waals surface area contributed by atoms with Gasteiger partial charge in [-0.1, -0.05) is 49.4 Å². The van der Waals surface area contributed by atoms with Crippen molar-refractivity contribution in [3.63, 3.8) is 0 Å². The summed E-state index contributed by atoms with van der Waals surface area (Å²) in [5.74, 6) is -0.401. The molecule has 1 amide bonds. The van der Waals surface area contributed by atoms with Crippen LogP contribution >= 0.6 is 0 Å². The van der Waals surface area contributed by atoms with E-state index in [2.05, 4.69) is 0 Å². The van der Waals surface area contributed by atoms with Crippen molar-refractivity contribution in [3.8, 4) is 11.1 Å². The Morgan fingerprint density at radius 1 is 1.25 bits per heavy atom. The second kappa shape index (κ2) is 6.19. The molecule has 1 unspecified atom stereocenters. The van der Waals surface area contributed by atoms with Crippen molar-refractivity contribution in [2.24, 2.45) is 5.73 Å². The zero-order valence-corrected chi connectivity index (χ0v) is 11.2. The average Bonchev–Trinajstić information content (AvgIpc) is 2.45.